The van der Waals surface area contributed by atoms with Gasteiger partial charge >= 0.3 is 5.97 Å². The lowest BCUT2D eigenvalue weighted by Gasteiger charge is -2.32. The number of nitrogens with one attached hydrogen (secondary N) is 1. The fourth-order valence-electron chi connectivity index (χ4n) is 3.97. The van der Waals surface area contributed by atoms with Gasteiger partial charge in [-0.25, -0.2) is 18.2 Å². The average Bonchev–Trinajstić information content (AvgIpc) is 3.31. The van der Waals surface area contributed by atoms with E-state index in [2.05, 4.69) is 10.3 Å². The molecule has 8 nitrogen and oxygen atoms in total. The van der Waals surface area contributed by atoms with E-state index in [4.69, 9.17) is 16.3 Å². The second-order valence-corrected chi connectivity index (χ2v) is 11.7. The standard InChI is InChI=1S/C24H26ClN3O5S2/c1-2-33-23(30)21-15-34-24(27-21)26-19-7-10-28(11-8-19)22(29)9-12-35(31,32)20-6-4-16-13-18(25)5-3-17(16)14-20/h3-6,13-15,19H,2,7-12H2,1H3,(H,26,27). The molecule has 1 aromatic heterocycles. The van der Waals surface area contributed by atoms with Crippen molar-refractivity contribution in [3.05, 3.63) is 52.5 Å². The number of hydrogen-bond acceptors (Lipinski definition) is 8. The maximum Gasteiger partial charge on any atom is 0.357 e. The summed E-state index contributed by atoms with van der Waals surface area (Å²) >= 11 is 7.33. The first-order valence-corrected chi connectivity index (χ1v) is 14.2. The van der Waals surface area contributed by atoms with Crippen molar-refractivity contribution in [2.24, 2.45) is 0 Å². The summed E-state index contributed by atoms with van der Waals surface area (Å²) in [5.41, 5.74) is 0.281. The van der Waals surface area contributed by atoms with Crippen LogP contribution in [0.5, 0.6) is 0 Å². The number of thiazole rings is 1. The van der Waals surface area contributed by atoms with Gasteiger partial charge in [-0.15, -0.1) is 11.3 Å². The van der Waals surface area contributed by atoms with Crippen LogP contribution in [0.3, 0.4) is 0 Å². The van der Waals surface area contributed by atoms with E-state index in [9.17, 15) is 18.0 Å². The summed E-state index contributed by atoms with van der Waals surface area (Å²) in [6, 6.07) is 10.3. The molecule has 1 amide bonds. The highest BCUT2D eigenvalue weighted by atomic mass is 35.5. The zero-order chi connectivity index (χ0) is 25.0. The molecule has 4 rings (SSSR count). The molecule has 3 aromatic rings. The first kappa shape index (κ1) is 25.4. The number of sulfone groups is 1. The zero-order valence-corrected chi connectivity index (χ0v) is 21.6. The molecule has 1 fully saturated rings. The third-order valence-electron chi connectivity index (χ3n) is 5.88. The molecule has 2 heterocycles. The number of ether oxygens (including phenoxy) is 1. The molecular weight excluding hydrogens is 510 g/mol. The molecule has 0 atom stereocenters. The minimum atomic E-state index is -3.59. The third kappa shape index (κ3) is 6.31. The number of carbonyl (C=O) groups excluding carboxylic acids is 2. The lowest BCUT2D eigenvalue weighted by Crippen LogP contribution is -2.42. The Morgan fingerprint density at radius 3 is 2.63 bits per heavy atom. The number of anilines is 1. The molecule has 11 heteroatoms. The van der Waals surface area contributed by atoms with Gasteiger partial charge in [0.15, 0.2) is 20.7 Å². The molecule has 0 saturated carbocycles. The van der Waals surface area contributed by atoms with Crippen LogP contribution in [-0.4, -0.2) is 61.7 Å². The Hall–Kier alpha value is -2.69. The average molecular weight is 536 g/mol. The first-order valence-electron chi connectivity index (χ1n) is 11.3. The lowest BCUT2D eigenvalue weighted by molar-refractivity contribution is -0.131. The van der Waals surface area contributed by atoms with Gasteiger partial charge in [-0.3, -0.25) is 4.79 Å². The fourth-order valence-corrected chi connectivity index (χ4v) is 6.17. The molecule has 1 saturated heterocycles. The summed E-state index contributed by atoms with van der Waals surface area (Å²) in [7, 11) is -3.59. The number of aromatic nitrogens is 1. The van der Waals surface area contributed by atoms with Crippen molar-refractivity contribution in [3.8, 4) is 0 Å². The largest absolute Gasteiger partial charge is 0.461 e. The summed E-state index contributed by atoms with van der Waals surface area (Å²) in [6.45, 7) is 3.10. The third-order valence-corrected chi connectivity index (χ3v) is 8.60. The summed E-state index contributed by atoms with van der Waals surface area (Å²) in [5.74, 6) is -0.850. The van der Waals surface area contributed by atoms with E-state index in [1.165, 1.54) is 11.3 Å². The second kappa shape index (κ2) is 10.9. The zero-order valence-electron chi connectivity index (χ0n) is 19.2. The van der Waals surface area contributed by atoms with Crippen LogP contribution in [0, 0.1) is 0 Å². The quantitative estimate of drug-likeness (QED) is 0.426. The number of carbonyl (C=O) groups is 2. The monoisotopic (exact) mass is 535 g/mol. The Labute approximate surface area is 213 Å². The topological polar surface area (TPSA) is 106 Å². The van der Waals surface area contributed by atoms with Gasteiger partial charge in [-0.1, -0.05) is 23.7 Å². The van der Waals surface area contributed by atoms with Crippen LogP contribution in [0.1, 0.15) is 36.7 Å². The predicted molar refractivity (Wildman–Crippen MR) is 137 cm³/mol. The van der Waals surface area contributed by atoms with Crippen LogP contribution < -0.4 is 5.32 Å². The number of nitrogens with zero attached hydrogens (tertiary/aromatic N) is 2. The van der Waals surface area contributed by atoms with E-state index >= 15 is 0 Å². The van der Waals surface area contributed by atoms with E-state index in [1.807, 2.05) is 0 Å². The van der Waals surface area contributed by atoms with E-state index in [0.29, 0.717) is 42.7 Å². The minimum Gasteiger partial charge on any atom is -0.461 e. The van der Waals surface area contributed by atoms with E-state index in [0.717, 1.165) is 10.8 Å². The SMILES string of the molecule is CCOC(=O)c1csc(NC2CCN(C(=O)CCS(=O)(=O)c3ccc4cc(Cl)ccc4c3)CC2)n1. The van der Waals surface area contributed by atoms with Gasteiger partial charge in [0.25, 0.3) is 0 Å². The first-order chi connectivity index (χ1) is 16.7. The van der Waals surface area contributed by atoms with Crippen molar-refractivity contribution in [2.45, 2.75) is 37.1 Å². The predicted octanol–water partition coefficient (Wildman–Crippen LogP) is 4.39. The highest BCUT2D eigenvalue weighted by molar-refractivity contribution is 7.91. The van der Waals surface area contributed by atoms with Crippen LogP contribution in [0.25, 0.3) is 10.8 Å². The Balaban J connectivity index is 1.27. The molecule has 2 aromatic carbocycles. The highest BCUT2D eigenvalue weighted by Gasteiger charge is 2.25. The van der Waals surface area contributed by atoms with Gasteiger partial charge in [0.1, 0.15) is 0 Å². The highest BCUT2D eigenvalue weighted by Crippen LogP contribution is 2.24. The molecule has 0 spiro atoms. The van der Waals surface area contributed by atoms with E-state index < -0.39 is 15.8 Å². The molecule has 1 aliphatic heterocycles. The van der Waals surface area contributed by atoms with Crippen molar-refractivity contribution in [2.75, 3.05) is 30.8 Å². The van der Waals surface area contributed by atoms with E-state index in [-0.39, 0.29) is 34.7 Å². The molecule has 186 valence electrons. The summed E-state index contributed by atoms with van der Waals surface area (Å²) in [5, 5.41) is 7.84. The molecular formula is C24H26ClN3O5S2. The Kier molecular flexibility index (Phi) is 7.93. The minimum absolute atomic E-state index is 0.0610. The van der Waals surface area contributed by atoms with Crippen molar-refractivity contribution < 1.29 is 22.7 Å². The molecule has 1 N–H and O–H groups in total. The maximum absolute atomic E-state index is 12.8. The number of amides is 1. The normalized spacial score (nSPS) is 14.7. The van der Waals surface area contributed by atoms with Crippen LogP contribution >= 0.6 is 22.9 Å². The number of hydrogen-bond donors (Lipinski definition) is 1. The van der Waals surface area contributed by atoms with Crippen molar-refractivity contribution in [1.29, 1.82) is 0 Å². The van der Waals surface area contributed by atoms with Gasteiger partial charge in [0.2, 0.25) is 5.91 Å². The molecule has 35 heavy (non-hydrogen) atoms. The van der Waals surface area contributed by atoms with Crippen LogP contribution in [0.15, 0.2) is 46.7 Å². The van der Waals surface area contributed by atoms with Gasteiger partial charge in [0, 0.05) is 36.0 Å². The van der Waals surface area contributed by atoms with Crippen LogP contribution in [0.4, 0.5) is 5.13 Å². The number of esters is 1. The second-order valence-electron chi connectivity index (χ2n) is 8.28. The summed E-state index contributed by atoms with van der Waals surface area (Å²) < 4.78 is 30.6. The van der Waals surface area contributed by atoms with Crippen molar-refractivity contribution in [3.63, 3.8) is 0 Å². The Bertz CT molecular complexity index is 1330. The number of halogens is 1. The van der Waals surface area contributed by atoms with Gasteiger partial charge < -0.3 is 15.0 Å². The Morgan fingerprint density at radius 2 is 1.89 bits per heavy atom. The van der Waals surface area contributed by atoms with Crippen molar-refractivity contribution in [1.82, 2.24) is 9.88 Å². The number of benzene rings is 2. The number of piperidine rings is 1. The van der Waals surface area contributed by atoms with E-state index in [1.54, 1.807) is 53.6 Å². The Morgan fingerprint density at radius 1 is 1.17 bits per heavy atom. The van der Waals surface area contributed by atoms with Crippen LogP contribution in [-0.2, 0) is 19.4 Å². The molecule has 0 aliphatic carbocycles. The maximum atomic E-state index is 12.8. The molecule has 1 aliphatic rings. The van der Waals surface area contributed by atoms with Gasteiger partial charge in [-0.05, 0) is 54.8 Å². The number of fused-ring (bicyclic) bond motifs is 1. The molecule has 0 unspecified atom stereocenters. The van der Waals surface area contributed by atoms with Gasteiger partial charge in [-0.2, -0.15) is 0 Å². The van der Waals surface area contributed by atoms with Crippen LogP contribution in [0.2, 0.25) is 5.02 Å². The summed E-state index contributed by atoms with van der Waals surface area (Å²) in [6.07, 6.45) is 1.36. The number of rotatable bonds is 8. The molecule has 0 bridgehead atoms. The van der Waals surface area contributed by atoms with Crippen molar-refractivity contribution >= 4 is 60.6 Å². The smallest absolute Gasteiger partial charge is 0.357 e. The fraction of sp³-hybridized carbons (Fsp3) is 0.375. The lowest BCUT2D eigenvalue weighted by atomic mass is 10.1. The molecule has 0 radical (unpaired) electrons. The summed E-state index contributed by atoms with van der Waals surface area (Å²) in [4.78, 5) is 30.6. The van der Waals surface area contributed by atoms with Gasteiger partial charge in [0.05, 0.1) is 17.3 Å². The number of likely N-dealkylation sites (tertiary alicyclic amines) is 1.